The molecule has 4 heteroatoms. The Morgan fingerprint density at radius 1 is 1.40 bits per heavy atom. The zero-order valence-corrected chi connectivity index (χ0v) is 13.3. The summed E-state index contributed by atoms with van der Waals surface area (Å²) in [5, 5.41) is 7.84. The molecule has 1 fully saturated rings. The molecule has 2 nitrogen and oxygen atoms in total. The number of alkyl halides is 1. The summed E-state index contributed by atoms with van der Waals surface area (Å²) in [6.45, 7) is 1.91. The third-order valence-corrected chi connectivity index (χ3v) is 4.93. The molecule has 2 unspecified atom stereocenters. The van der Waals surface area contributed by atoms with Crippen molar-refractivity contribution < 1.29 is 0 Å². The van der Waals surface area contributed by atoms with Gasteiger partial charge in [0.1, 0.15) is 0 Å². The molecule has 0 aromatic heterocycles. The van der Waals surface area contributed by atoms with E-state index in [0.29, 0.717) is 5.92 Å². The third kappa shape index (κ3) is 4.20. The minimum absolute atomic E-state index is 0.311. The van der Waals surface area contributed by atoms with Crippen molar-refractivity contribution in [1.29, 1.82) is 5.41 Å². The van der Waals surface area contributed by atoms with Gasteiger partial charge in [-0.3, -0.25) is 0 Å². The molecule has 2 atom stereocenters. The van der Waals surface area contributed by atoms with Crippen LogP contribution in [0.25, 0.3) is 0 Å². The highest BCUT2D eigenvalue weighted by molar-refractivity contribution is 14.1. The molecule has 0 spiro atoms. The van der Waals surface area contributed by atoms with Crippen LogP contribution in [0.15, 0.2) is 9.28 Å². The highest BCUT2D eigenvalue weighted by Gasteiger charge is 2.22. The summed E-state index contributed by atoms with van der Waals surface area (Å²) < 4.78 is 1.69. The molecular formula is C11H18I2N2. The molecule has 0 saturated heterocycles. The van der Waals surface area contributed by atoms with Crippen molar-refractivity contribution in [1.82, 2.24) is 0 Å². The fourth-order valence-electron chi connectivity index (χ4n) is 2.11. The second kappa shape index (κ2) is 6.42. The smallest absolute Gasteiger partial charge is 0.0704 e. The summed E-state index contributed by atoms with van der Waals surface area (Å²) in [4.78, 5) is 0. The topological polar surface area (TPSA) is 49.9 Å². The maximum Gasteiger partial charge on any atom is 0.0704 e. The number of rotatable bonds is 1. The SMILES string of the molecule is CC(=N)C1CCCC(I)CC/C1=C(/N)I. The summed E-state index contributed by atoms with van der Waals surface area (Å²) in [5.41, 5.74) is 8.01. The highest BCUT2D eigenvalue weighted by Crippen LogP contribution is 2.33. The Morgan fingerprint density at radius 3 is 2.60 bits per heavy atom. The second-order valence-electron chi connectivity index (χ2n) is 4.18. The van der Waals surface area contributed by atoms with Crippen molar-refractivity contribution in [2.75, 3.05) is 0 Å². The number of nitrogens with two attached hydrogens (primary N) is 1. The number of hydrogen-bond donors (Lipinski definition) is 2. The monoisotopic (exact) mass is 432 g/mol. The zero-order chi connectivity index (χ0) is 11.4. The molecule has 3 N–H and O–H groups in total. The number of halogens is 2. The maximum absolute atomic E-state index is 7.84. The van der Waals surface area contributed by atoms with Crippen LogP contribution in [0.4, 0.5) is 0 Å². The van der Waals surface area contributed by atoms with Gasteiger partial charge in [0.25, 0.3) is 0 Å². The second-order valence-corrected chi connectivity index (χ2v) is 7.10. The van der Waals surface area contributed by atoms with Crippen molar-refractivity contribution in [2.45, 2.75) is 43.0 Å². The zero-order valence-electron chi connectivity index (χ0n) is 9.02. The van der Waals surface area contributed by atoms with Crippen LogP contribution >= 0.6 is 45.2 Å². The standard InChI is InChI=1S/C11H18I2N2/c1-7(14)9-4-2-3-8(12)5-6-10(9)11(13)15/h8-9,14H,2-6,15H2,1H3/b11-10-,14-7?. The molecule has 0 bridgehead atoms. The molecule has 1 rings (SSSR count). The van der Waals surface area contributed by atoms with Gasteiger partial charge in [0.2, 0.25) is 0 Å². The van der Waals surface area contributed by atoms with Gasteiger partial charge in [0.15, 0.2) is 0 Å². The molecule has 0 radical (unpaired) electrons. The molecule has 86 valence electrons. The van der Waals surface area contributed by atoms with Gasteiger partial charge in [-0.05, 0) is 60.8 Å². The lowest BCUT2D eigenvalue weighted by atomic mass is 9.84. The first-order chi connectivity index (χ1) is 7.02. The Bertz CT molecular complexity index is 270. The summed E-state index contributed by atoms with van der Waals surface area (Å²) in [5.74, 6) is 0.311. The lowest BCUT2D eigenvalue weighted by molar-refractivity contribution is 0.542. The lowest BCUT2D eigenvalue weighted by Crippen LogP contribution is -2.19. The van der Waals surface area contributed by atoms with Crippen molar-refractivity contribution in [3.63, 3.8) is 0 Å². The van der Waals surface area contributed by atoms with Crippen LogP contribution in [-0.4, -0.2) is 9.64 Å². The molecule has 0 aromatic rings. The molecule has 0 aliphatic heterocycles. The fraction of sp³-hybridized carbons (Fsp3) is 0.727. The van der Waals surface area contributed by atoms with Crippen LogP contribution in [0, 0.1) is 11.3 Å². The van der Waals surface area contributed by atoms with Gasteiger partial charge in [-0.1, -0.05) is 29.0 Å². The quantitative estimate of drug-likeness (QED) is 0.280. The van der Waals surface area contributed by atoms with E-state index in [2.05, 4.69) is 45.2 Å². The molecule has 1 aliphatic carbocycles. The first kappa shape index (κ1) is 13.7. The summed E-state index contributed by atoms with van der Waals surface area (Å²) in [6, 6.07) is 0. The van der Waals surface area contributed by atoms with Crippen molar-refractivity contribution in [3.8, 4) is 0 Å². The predicted octanol–water partition coefficient (Wildman–Crippen LogP) is 4.02. The van der Waals surface area contributed by atoms with E-state index < -0.39 is 0 Å². The van der Waals surface area contributed by atoms with E-state index in [-0.39, 0.29) is 0 Å². The van der Waals surface area contributed by atoms with Crippen LogP contribution in [-0.2, 0) is 0 Å². The van der Waals surface area contributed by atoms with Crippen molar-refractivity contribution >= 4 is 50.9 Å². The Kier molecular flexibility index (Phi) is 5.87. The van der Waals surface area contributed by atoms with E-state index in [4.69, 9.17) is 11.1 Å². The van der Waals surface area contributed by atoms with Crippen LogP contribution in [0.5, 0.6) is 0 Å². The van der Waals surface area contributed by atoms with E-state index in [1.165, 1.54) is 24.8 Å². The van der Waals surface area contributed by atoms with Gasteiger partial charge in [-0.15, -0.1) is 0 Å². The number of hydrogen-bond acceptors (Lipinski definition) is 2. The van der Waals surface area contributed by atoms with E-state index in [9.17, 15) is 0 Å². The Morgan fingerprint density at radius 2 is 2.07 bits per heavy atom. The van der Waals surface area contributed by atoms with Crippen molar-refractivity contribution in [2.24, 2.45) is 11.7 Å². The van der Waals surface area contributed by atoms with Gasteiger partial charge in [0, 0.05) is 15.6 Å². The molecule has 0 aromatic carbocycles. The van der Waals surface area contributed by atoms with Gasteiger partial charge in [-0.2, -0.15) is 0 Å². The molecule has 0 heterocycles. The van der Waals surface area contributed by atoms with E-state index >= 15 is 0 Å². The van der Waals surface area contributed by atoms with Gasteiger partial charge in [-0.25, -0.2) is 0 Å². The Balaban J connectivity index is 2.84. The summed E-state index contributed by atoms with van der Waals surface area (Å²) in [6.07, 6.45) is 5.90. The van der Waals surface area contributed by atoms with E-state index in [1.54, 1.807) is 0 Å². The minimum Gasteiger partial charge on any atom is -0.394 e. The fourth-order valence-corrected chi connectivity index (χ4v) is 3.51. The molecule has 1 saturated carbocycles. The first-order valence-corrected chi connectivity index (χ1v) is 7.68. The Labute approximate surface area is 119 Å². The predicted molar refractivity (Wildman–Crippen MR) is 83.0 cm³/mol. The normalized spacial score (nSPS) is 31.7. The molecule has 1 aliphatic rings. The third-order valence-electron chi connectivity index (χ3n) is 2.99. The largest absolute Gasteiger partial charge is 0.394 e. The van der Waals surface area contributed by atoms with Crippen molar-refractivity contribution in [3.05, 3.63) is 9.28 Å². The van der Waals surface area contributed by atoms with Gasteiger partial charge in [0.05, 0.1) is 3.70 Å². The molecule has 15 heavy (non-hydrogen) atoms. The highest BCUT2D eigenvalue weighted by atomic mass is 127. The minimum atomic E-state index is 0.311. The van der Waals surface area contributed by atoms with Crippen LogP contribution in [0.3, 0.4) is 0 Å². The number of nitrogens with one attached hydrogen (secondary N) is 1. The summed E-state index contributed by atoms with van der Waals surface area (Å²) in [7, 11) is 0. The first-order valence-electron chi connectivity index (χ1n) is 5.35. The van der Waals surface area contributed by atoms with E-state index in [0.717, 1.165) is 26.2 Å². The van der Waals surface area contributed by atoms with Gasteiger partial charge >= 0.3 is 0 Å². The van der Waals surface area contributed by atoms with Gasteiger partial charge < -0.3 is 11.1 Å². The molecular weight excluding hydrogens is 414 g/mol. The van der Waals surface area contributed by atoms with E-state index in [1.807, 2.05) is 6.92 Å². The van der Waals surface area contributed by atoms with Crippen LogP contribution in [0.2, 0.25) is 0 Å². The van der Waals surface area contributed by atoms with Crippen LogP contribution in [0.1, 0.15) is 39.0 Å². The molecule has 0 amide bonds. The lowest BCUT2D eigenvalue weighted by Gasteiger charge is -2.25. The number of allylic oxidation sites excluding steroid dienone is 1. The van der Waals surface area contributed by atoms with Crippen LogP contribution < -0.4 is 5.73 Å². The maximum atomic E-state index is 7.84. The average molecular weight is 432 g/mol. The summed E-state index contributed by atoms with van der Waals surface area (Å²) >= 11 is 4.74. The average Bonchev–Trinajstić information content (AvgIpc) is 2.10. The Hall–Kier alpha value is 0.670.